The number of amides is 4. The number of carbonyl (C=O) groups excluding carboxylic acids is 5. The molecule has 272 valence electrons. The lowest BCUT2D eigenvalue weighted by Crippen LogP contribution is -2.78. The molecule has 4 amide bonds. The summed E-state index contributed by atoms with van der Waals surface area (Å²) in [7, 11) is 0. The van der Waals surface area contributed by atoms with Crippen molar-refractivity contribution in [3.63, 3.8) is 0 Å². The molecule has 0 unspecified atom stereocenters. The van der Waals surface area contributed by atoms with E-state index in [0.717, 1.165) is 11.3 Å². The SMILES string of the molecule is CC(=O)N[C@@H](Cc1ccc(C(=O)c2ccccc2)cc1)C(=O)N[C@@H](CCCC[NH+]=C(N)N)C(=O)N[C@@H](Cc1ccc([NH3+])cc1)C(N)=O.S.S.S. The summed E-state index contributed by atoms with van der Waals surface area (Å²) >= 11 is 0. The van der Waals surface area contributed by atoms with Gasteiger partial charge in [0.15, 0.2) is 5.78 Å². The molecule has 0 heterocycles. The van der Waals surface area contributed by atoms with Crippen LogP contribution < -0.4 is 43.9 Å². The van der Waals surface area contributed by atoms with Gasteiger partial charge in [-0.2, -0.15) is 40.5 Å². The van der Waals surface area contributed by atoms with Gasteiger partial charge in [-0.3, -0.25) is 40.4 Å². The highest BCUT2D eigenvalue weighted by atomic mass is 32.1. The standard InChI is InChI=1S/C34H42N8O5.3H2S/c1-21(43)40-29(20-22-10-14-25(15-11-22)30(44)24-7-3-2-4-8-24)33(47)41-27(9-5-6-18-39-34(37)38)32(46)42-28(31(36)45)19-23-12-16-26(35)17-13-23;;;/h2-4,7-8,10-17,27-29H,5-6,9,18-20,35H2,1H3,(H2,36,45)(H,40,43)(H,41,47)(H,42,46)(H4,37,38,39);3*1H2/p+2/t27-,28-,29-;;;/m0.../s1. The summed E-state index contributed by atoms with van der Waals surface area (Å²) in [5, 5.41) is 8.09. The second kappa shape index (κ2) is 23.0. The van der Waals surface area contributed by atoms with Gasteiger partial charge in [0, 0.05) is 30.9 Å². The highest BCUT2D eigenvalue weighted by Crippen LogP contribution is 2.13. The first-order valence-electron chi connectivity index (χ1n) is 15.3. The van der Waals surface area contributed by atoms with Gasteiger partial charge < -0.3 is 27.4 Å². The number of rotatable bonds is 17. The van der Waals surface area contributed by atoms with Crippen molar-refractivity contribution in [3.05, 3.63) is 101 Å². The molecule has 0 aliphatic rings. The van der Waals surface area contributed by atoms with Gasteiger partial charge in [0.25, 0.3) is 0 Å². The average molecular weight is 747 g/mol. The number of unbranched alkanes of at least 4 members (excludes halogenated alkanes) is 1. The topological polar surface area (TPSA) is 241 Å². The summed E-state index contributed by atoms with van der Waals surface area (Å²) in [6, 6.07) is 19.7. The molecule has 0 bridgehead atoms. The van der Waals surface area contributed by atoms with Crippen LogP contribution in [-0.2, 0) is 32.0 Å². The fraction of sp³-hybridized carbons (Fsp3) is 0.294. The summed E-state index contributed by atoms with van der Waals surface area (Å²) in [5.74, 6) is -2.43. The summed E-state index contributed by atoms with van der Waals surface area (Å²) in [4.78, 5) is 67.1. The maximum atomic E-state index is 13.6. The third-order valence-corrected chi connectivity index (χ3v) is 7.39. The molecule has 13 N–H and O–H groups in total. The number of ketones is 1. The molecular weight excluding hydrogens is 697 g/mol. The van der Waals surface area contributed by atoms with Crippen LogP contribution in [0.15, 0.2) is 78.9 Å². The minimum Gasteiger partial charge on any atom is -0.368 e. The van der Waals surface area contributed by atoms with Gasteiger partial charge in [0.05, 0.1) is 6.54 Å². The maximum absolute atomic E-state index is 13.6. The van der Waals surface area contributed by atoms with Crippen LogP contribution in [0.25, 0.3) is 0 Å². The van der Waals surface area contributed by atoms with E-state index in [2.05, 4.69) is 26.7 Å². The quantitative estimate of drug-likeness (QED) is 0.0348. The third-order valence-electron chi connectivity index (χ3n) is 7.39. The van der Waals surface area contributed by atoms with Crippen molar-refractivity contribution < 1.29 is 34.7 Å². The molecule has 0 fully saturated rings. The summed E-state index contributed by atoms with van der Waals surface area (Å²) in [5.41, 5.74) is 23.7. The zero-order valence-corrected chi connectivity index (χ0v) is 31.0. The zero-order chi connectivity index (χ0) is 34.3. The van der Waals surface area contributed by atoms with E-state index in [0.29, 0.717) is 36.1 Å². The lowest BCUT2D eigenvalue weighted by molar-refractivity contribution is -0.459. The van der Waals surface area contributed by atoms with Crippen molar-refractivity contribution in [2.24, 2.45) is 17.2 Å². The van der Waals surface area contributed by atoms with Gasteiger partial charge in [-0.25, -0.2) is 0 Å². The Kier molecular flexibility index (Phi) is 20.9. The van der Waals surface area contributed by atoms with E-state index in [1.807, 2.05) is 6.07 Å². The molecule has 13 nitrogen and oxygen atoms in total. The normalized spacial score (nSPS) is 11.8. The molecule has 50 heavy (non-hydrogen) atoms. The Morgan fingerprint density at radius 1 is 0.660 bits per heavy atom. The monoisotopic (exact) mass is 746 g/mol. The fourth-order valence-electron chi connectivity index (χ4n) is 4.89. The van der Waals surface area contributed by atoms with Gasteiger partial charge >= 0.3 is 5.96 Å². The van der Waals surface area contributed by atoms with Crippen molar-refractivity contribution in [1.82, 2.24) is 16.0 Å². The van der Waals surface area contributed by atoms with Crippen LogP contribution in [0.1, 0.15) is 53.2 Å². The smallest absolute Gasteiger partial charge is 0.338 e. The molecule has 0 aromatic heterocycles. The Labute approximate surface area is 313 Å². The van der Waals surface area contributed by atoms with Crippen LogP contribution in [-0.4, -0.2) is 60.0 Å². The summed E-state index contributed by atoms with van der Waals surface area (Å²) in [6.07, 6.45) is 1.54. The van der Waals surface area contributed by atoms with E-state index in [9.17, 15) is 24.0 Å². The van der Waals surface area contributed by atoms with E-state index in [4.69, 9.17) is 17.2 Å². The Bertz CT molecular complexity index is 1570. The van der Waals surface area contributed by atoms with Crippen LogP contribution in [0.2, 0.25) is 0 Å². The molecular formula is C34H50N8O5S3+2. The molecule has 16 heteroatoms. The lowest BCUT2D eigenvalue weighted by atomic mass is 9.99. The van der Waals surface area contributed by atoms with E-state index in [1.54, 1.807) is 72.8 Å². The van der Waals surface area contributed by atoms with Gasteiger partial charge in [-0.15, -0.1) is 0 Å². The van der Waals surface area contributed by atoms with Crippen LogP contribution in [0.4, 0.5) is 5.69 Å². The van der Waals surface area contributed by atoms with Crippen LogP contribution in [0.5, 0.6) is 0 Å². The average Bonchev–Trinajstić information content (AvgIpc) is 3.04. The number of hydrogen-bond acceptors (Lipinski definition) is 5. The molecule has 0 radical (unpaired) electrons. The Balaban J connectivity index is 0.00000800. The van der Waals surface area contributed by atoms with Crippen LogP contribution >= 0.6 is 40.5 Å². The van der Waals surface area contributed by atoms with E-state index in [-0.39, 0.29) is 71.5 Å². The second-order valence-corrected chi connectivity index (χ2v) is 11.3. The molecule has 3 aromatic carbocycles. The Hall–Kier alpha value is -4.51. The minimum atomic E-state index is -1.05. The fourth-order valence-corrected chi connectivity index (χ4v) is 4.89. The molecule has 0 aliphatic heterocycles. The van der Waals surface area contributed by atoms with Crippen molar-refractivity contribution in [2.75, 3.05) is 6.54 Å². The lowest BCUT2D eigenvalue weighted by Gasteiger charge is -2.25. The number of carbonyl (C=O) groups is 5. The summed E-state index contributed by atoms with van der Waals surface area (Å²) < 4.78 is 0. The van der Waals surface area contributed by atoms with Crippen molar-refractivity contribution in [3.8, 4) is 0 Å². The van der Waals surface area contributed by atoms with Gasteiger partial charge in [-0.05, 0) is 42.5 Å². The summed E-state index contributed by atoms with van der Waals surface area (Å²) in [6.45, 7) is 1.74. The zero-order valence-electron chi connectivity index (χ0n) is 28.0. The molecule has 0 saturated carbocycles. The number of guanidine groups is 1. The van der Waals surface area contributed by atoms with Crippen molar-refractivity contribution >= 4 is 81.5 Å². The van der Waals surface area contributed by atoms with Gasteiger partial charge in [0.1, 0.15) is 23.8 Å². The van der Waals surface area contributed by atoms with Crippen LogP contribution in [0, 0.1) is 0 Å². The third kappa shape index (κ3) is 15.4. The number of nitrogens with one attached hydrogen (secondary N) is 4. The number of benzene rings is 3. The molecule has 0 aliphatic carbocycles. The number of nitrogens with two attached hydrogens (primary N) is 3. The predicted octanol–water partition coefficient (Wildman–Crippen LogP) is -1.60. The first kappa shape index (κ1) is 45.5. The second-order valence-electron chi connectivity index (χ2n) is 11.3. The Morgan fingerprint density at radius 2 is 1.16 bits per heavy atom. The van der Waals surface area contributed by atoms with E-state index < -0.39 is 41.8 Å². The van der Waals surface area contributed by atoms with E-state index >= 15 is 0 Å². The first-order chi connectivity index (χ1) is 22.4. The highest BCUT2D eigenvalue weighted by Gasteiger charge is 2.29. The molecule has 3 rings (SSSR count). The number of quaternary nitrogens is 1. The maximum Gasteiger partial charge on any atom is 0.338 e. The molecule has 0 spiro atoms. The largest absolute Gasteiger partial charge is 0.368 e. The van der Waals surface area contributed by atoms with Gasteiger partial charge in [-0.1, -0.05) is 66.7 Å². The van der Waals surface area contributed by atoms with Gasteiger partial charge in [0.2, 0.25) is 23.6 Å². The van der Waals surface area contributed by atoms with Crippen LogP contribution in [0.3, 0.4) is 0 Å². The minimum absolute atomic E-state index is 0. The van der Waals surface area contributed by atoms with Crippen molar-refractivity contribution in [1.29, 1.82) is 0 Å². The number of primary amides is 1. The van der Waals surface area contributed by atoms with E-state index in [1.165, 1.54) is 6.92 Å². The van der Waals surface area contributed by atoms with Crippen molar-refractivity contribution in [2.45, 2.75) is 57.2 Å². The Morgan fingerprint density at radius 3 is 1.70 bits per heavy atom. The first-order valence-corrected chi connectivity index (χ1v) is 15.3. The molecule has 3 aromatic rings. The number of hydrogen-bond donors (Lipinski definition) is 8. The molecule has 3 atom stereocenters. The molecule has 0 saturated heterocycles. The predicted molar refractivity (Wildman–Crippen MR) is 208 cm³/mol. The highest BCUT2D eigenvalue weighted by molar-refractivity contribution is 7.59.